The highest BCUT2D eigenvalue weighted by molar-refractivity contribution is 7.80. The lowest BCUT2D eigenvalue weighted by Crippen LogP contribution is -2.31. The van der Waals surface area contributed by atoms with Crippen LogP contribution in [0.25, 0.3) is 0 Å². The molecule has 0 aliphatic heterocycles. The molecule has 0 aromatic heterocycles. The first-order valence-electron chi connectivity index (χ1n) is 7.15. The van der Waals surface area contributed by atoms with Gasteiger partial charge in [-0.05, 0) is 62.0 Å². The van der Waals surface area contributed by atoms with Crippen molar-refractivity contribution in [2.75, 3.05) is 11.9 Å². The van der Waals surface area contributed by atoms with Crippen LogP contribution >= 0.6 is 23.8 Å². The summed E-state index contributed by atoms with van der Waals surface area (Å²) in [5.41, 5.74) is 1.92. The van der Waals surface area contributed by atoms with Crippen molar-refractivity contribution in [3.8, 4) is 5.75 Å². The number of thiocarbonyl (C=S) groups is 1. The number of benzene rings is 2. The molecule has 2 aromatic carbocycles. The SMILES string of the molecule is CCOc1ccc(NC(=S)N[C@H](C)c2ccccc2Cl)cc1. The van der Waals surface area contributed by atoms with Crippen LogP contribution in [0.3, 0.4) is 0 Å². The van der Waals surface area contributed by atoms with Gasteiger partial charge in [-0.2, -0.15) is 0 Å². The first kappa shape index (κ1) is 16.6. The van der Waals surface area contributed by atoms with Crippen molar-refractivity contribution < 1.29 is 4.74 Å². The zero-order valence-corrected chi connectivity index (χ0v) is 14.2. The lowest BCUT2D eigenvalue weighted by molar-refractivity contribution is 0.340. The predicted octanol–water partition coefficient (Wildman–Crippen LogP) is 4.79. The van der Waals surface area contributed by atoms with Gasteiger partial charge in [0.1, 0.15) is 5.75 Å². The van der Waals surface area contributed by atoms with Gasteiger partial charge in [0.2, 0.25) is 0 Å². The minimum absolute atomic E-state index is 0.0244. The molecule has 2 rings (SSSR count). The van der Waals surface area contributed by atoms with Crippen LogP contribution in [0.2, 0.25) is 5.02 Å². The Morgan fingerprint density at radius 3 is 2.50 bits per heavy atom. The molecule has 0 spiro atoms. The number of hydrogen-bond acceptors (Lipinski definition) is 2. The van der Waals surface area contributed by atoms with Crippen molar-refractivity contribution in [2.45, 2.75) is 19.9 Å². The summed E-state index contributed by atoms with van der Waals surface area (Å²) in [6, 6.07) is 15.4. The fourth-order valence-electron chi connectivity index (χ4n) is 2.07. The van der Waals surface area contributed by atoms with Crippen LogP contribution in [0.15, 0.2) is 48.5 Å². The first-order valence-corrected chi connectivity index (χ1v) is 7.93. The topological polar surface area (TPSA) is 33.3 Å². The number of ether oxygens (including phenoxy) is 1. The molecule has 0 bridgehead atoms. The fourth-order valence-corrected chi connectivity index (χ4v) is 2.66. The first-order chi connectivity index (χ1) is 10.6. The van der Waals surface area contributed by atoms with Gasteiger partial charge in [-0.3, -0.25) is 0 Å². The van der Waals surface area contributed by atoms with E-state index < -0.39 is 0 Å². The van der Waals surface area contributed by atoms with Crippen molar-refractivity contribution in [3.63, 3.8) is 0 Å². The Bertz CT molecular complexity index is 631. The second kappa shape index (κ2) is 8.01. The van der Waals surface area contributed by atoms with Crippen LogP contribution in [-0.4, -0.2) is 11.7 Å². The highest BCUT2D eigenvalue weighted by Crippen LogP contribution is 2.22. The molecule has 0 radical (unpaired) electrons. The summed E-state index contributed by atoms with van der Waals surface area (Å²) in [5.74, 6) is 0.844. The molecular formula is C17H19ClN2OS. The Morgan fingerprint density at radius 1 is 1.18 bits per heavy atom. The zero-order chi connectivity index (χ0) is 15.9. The van der Waals surface area contributed by atoms with Gasteiger partial charge in [0.05, 0.1) is 12.6 Å². The van der Waals surface area contributed by atoms with Crippen LogP contribution < -0.4 is 15.4 Å². The zero-order valence-electron chi connectivity index (χ0n) is 12.6. The third kappa shape index (κ3) is 4.61. The van der Waals surface area contributed by atoms with Crippen LogP contribution in [-0.2, 0) is 0 Å². The third-order valence-electron chi connectivity index (χ3n) is 3.14. The van der Waals surface area contributed by atoms with E-state index in [0.717, 1.165) is 22.0 Å². The third-order valence-corrected chi connectivity index (χ3v) is 3.71. The van der Waals surface area contributed by atoms with Crippen molar-refractivity contribution in [1.29, 1.82) is 0 Å². The van der Waals surface area contributed by atoms with Crippen LogP contribution in [0.5, 0.6) is 5.75 Å². The van der Waals surface area contributed by atoms with Gasteiger partial charge >= 0.3 is 0 Å². The van der Waals surface area contributed by atoms with Crippen molar-refractivity contribution in [3.05, 3.63) is 59.1 Å². The normalized spacial score (nSPS) is 11.6. The molecule has 2 N–H and O–H groups in total. The van der Waals surface area contributed by atoms with E-state index in [1.165, 1.54) is 0 Å². The molecular weight excluding hydrogens is 316 g/mol. The highest BCUT2D eigenvalue weighted by Gasteiger charge is 2.10. The highest BCUT2D eigenvalue weighted by atomic mass is 35.5. The van der Waals surface area contributed by atoms with Crippen LogP contribution in [0.4, 0.5) is 5.69 Å². The lowest BCUT2D eigenvalue weighted by atomic mass is 10.1. The molecule has 0 aliphatic carbocycles. The van der Waals surface area contributed by atoms with E-state index in [4.69, 9.17) is 28.6 Å². The lowest BCUT2D eigenvalue weighted by Gasteiger charge is -2.18. The molecule has 5 heteroatoms. The van der Waals surface area contributed by atoms with E-state index in [0.29, 0.717) is 11.7 Å². The Labute approximate surface area is 141 Å². The second-order valence-corrected chi connectivity index (χ2v) is 5.61. The molecule has 0 aliphatic rings. The van der Waals surface area contributed by atoms with Gasteiger partial charge in [-0.15, -0.1) is 0 Å². The Hall–Kier alpha value is -1.78. The smallest absolute Gasteiger partial charge is 0.171 e. The maximum Gasteiger partial charge on any atom is 0.171 e. The monoisotopic (exact) mass is 334 g/mol. The maximum atomic E-state index is 6.19. The van der Waals surface area contributed by atoms with E-state index in [-0.39, 0.29) is 6.04 Å². The summed E-state index contributed by atoms with van der Waals surface area (Å²) < 4.78 is 5.41. The minimum Gasteiger partial charge on any atom is -0.494 e. The molecule has 116 valence electrons. The predicted molar refractivity (Wildman–Crippen MR) is 96.8 cm³/mol. The summed E-state index contributed by atoms with van der Waals surface area (Å²) in [6.07, 6.45) is 0. The molecule has 22 heavy (non-hydrogen) atoms. The van der Waals surface area contributed by atoms with Crippen molar-refractivity contribution >= 4 is 34.6 Å². The number of anilines is 1. The Balaban J connectivity index is 1.93. The van der Waals surface area contributed by atoms with E-state index in [2.05, 4.69) is 10.6 Å². The molecule has 0 fully saturated rings. The summed E-state index contributed by atoms with van der Waals surface area (Å²) in [6.45, 7) is 4.64. The summed E-state index contributed by atoms with van der Waals surface area (Å²) in [4.78, 5) is 0. The number of rotatable bonds is 5. The molecule has 0 unspecified atom stereocenters. The Morgan fingerprint density at radius 2 is 1.86 bits per heavy atom. The van der Waals surface area contributed by atoms with Crippen LogP contribution in [0.1, 0.15) is 25.5 Å². The average Bonchev–Trinajstić information content (AvgIpc) is 2.50. The number of halogens is 1. The van der Waals surface area contributed by atoms with Gasteiger partial charge in [0.15, 0.2) is 5.11 Å². The van der Waals surface area contributed by atoms with E-state index in [1.807, 2.05) is 62.4 Å². The summed E-state index contributed by atoms with van der Waals surface area (Å²) in [7, 11) is 0. The summed E-state index contributed by atoms with van der Waals surface area (Å²) >= 11 is 11.5. The Kier molecular flexibility index (Phi) is 6.04. The largest absolute Gasteiger partial charge is 0.494 e. The number of hydrogen-bond donors (Lipinski definition) is 2. The molecule has 2 aromatic rings. The molecule has 0 saturated heterocycles. The molecule has 1 atom stereocenters. The average molecular weight is 335 g/mol. The summed E-state index contributed by atoms with van der Waals surface area (Å²) in [5, 5.41) is 7.66. The van der Waals surface area contributed by atoms with Gasteiger partial charge in [-0.1, -0.05) is 29.8 Å². The number of nitrogens with one attached hydrogen (secondary N) is 2. The molecule has 0 saturated carbocycles. The van der Waals surface area contributed by atoms with Crippen molar-refractivity contribution in [1.82, 2.24) is 5.32 Å². The standard InChI is InChI=1S/C17H19ClN2OS/c1-3-21-14-10-8-13(9-11-14)20-17(22)19-12(2)15-6-4-5-7-16(15)18/h4-12H,3H2,1-2H3,(H2,19,20,22)/t12-/m1/s1. The quantitative estimate of drug-likeness (QED) is 0.770. The van der Waals surface area contributed by atoms with E-state index >= 15 is 0 Å². The van der Waals surface area contributed by atoms with Crippen molar-refractivity contribution in [2.24, 2.45) is 0 Å². The van der Waals surface area contributed by atoms with Gasteiger partial charge < -0.3 is 15.4 Å². The van der Waals surface area contributed by atoms with E-state index in [9.17, 15) is 0 Å². The van der Waals surface area contributed by atoms with Crippen LogP contribution in [0, 0.1) is 0 Å². The molecule has 3 nitrogen and oxygen atoms in total. The van der Waals surface area contributed by atoms with Gasteiger partial charge in [0, 0.05) is 10.7 Å². The maximum absolute atomic E-state index is 6.19. The van der Waals surface area contributed by atoms with E-state index in [1.54, 1.807) is 0 Å². The second-order valence-electron chi connectivity index (χ2n) is 4.80. The van der Waals surface area contributed by atoms with Gasteiger partial charge in [-0.25, -0.2) is 0 Å². The fraction of sp³-hybridized carbons (Fsp3) is 0.235. The molecule has 0 amide bonds. The molecule has 0 heterocycles. The van der Waals surface area contributed by atoms with Gasteiger partial charge in [0.25, 0.3) is 0 Å². The minimum atomic E-state index is 0.0244.